The topological polar surface area (TPSA) is 49.6 Å². The Morgan fingerprint density at radius 2 is 1.92 bits per heavy atom. The number of carbonyl (C=O) groups excluding carboxylic acids is 1. The monoisotopic (exact) mass is 351 g/mol. The van der Waals surface area contributed by atoms with Gasteiger partial charge in [0.05, 0.1) is 6.54 Å². The average Bonchev–Trinajstić information content (AvgIpc) is 3.29. The molecule has 0 bridgehead atoms. The first-order valence-corrected chi connectivity index (χ1v) is 8.87. The van der Waals surface area contributed by atoms with Gasteiger partial charge in [-0.25, -0.2) is 0 Å². The van der Waals surface area contributed by atoms with Crippen LogP contribution in [0.1, 0.15) is 38.2 Å². The van der Waals surface area contributed by atoms with Gasteiger partial charge in [-0.2, -0.15) is 0 Å². The van der Waals surface area contributed by atoms with Crippen molar-refractivity contribution in [1.82, 2.24) is 9.80 Å². The summed E-state index contributed by atoms with van der Waals surface area (Å²) in [6.45, 7) is 7.45. The molecule has 0 spiro atoms. The Morgan fingerprint density at radius 1 is 1.25 bits per heavy atom. The minimum atomic E-state index is 0. The summed E-state index contributed by atoms with van der Waals surface area (Å²) in [5.74, 6) is 1.14. The maximum absolute atomic E-state index is 12.7. The predicted molar refractivity (Wildman–Crippen MR) is 100 cm³/mol. The number of nitrogens with zero attached hydrogens (tertiary/aromatic N) is 2. The molecule has 3 rings (SSSR count). The first-order chi connectivity index (χ1) is 11.0. The molecular formula is C19H30ClN3O. The fourth-order valence-electron chi connectivity index (χ4n) is 3.61. The second kappa shape index (κ2) is 8.32. The highest BCUT2D eigenvalue weighted by molar-refractivity contribution is 5.85. The SMILES string of the molecule is CC(C)CN(C(=O)CN1C[C@@H](N)[C@H](c2ccccc2)C1)C1CC1.Cl. The summed E-state index contributed by atoms with van der Waals surface area (Å²) < 4.78 is 0. The molecule has 1 aromatic carbocycles. The van der Waals surface area contributed by atoms with Crippen molar-refractivity contribution in [3.8, 4) is 0 Å². The molecule has 2 atom stereocenters. The molecule has 2 N–H and O–H groups in total. The van der Waals surface area contributed by atoms with Crippen LogP contribution in [0, 0.1) is 5.92 Å². The van der Waals surface area contributed by atoms with Gasteiger partial charge in [0.15, 0.2) is 0 Å². The van der Waals surface area contributed by atoms with Crippen LogP contribution < -0.4 is 5.73 Å². The van der Waals surface area contributed by atoms with Crippen LogP contribution in [0.5, 0.6) is 0 Å². The van der Waals surface area contributed by atoms with Crippen molar-refractivity contribution in [3.05, 3.63) is 35.9 Å². The number of likely N-dealkylation sites (tertiary alicyclic amines) is 1. The van der Waals surface area contributed by atoms with Crippen LogP contribution in [0.4, 0.5) is 0 Å². The summed E-state index contributed by atoms with van der Waals surface area (Å²) in [7, 11) is 0. The van der Waals surface area contributed by atoms with E-state index in [1.165, 1.54) is 18.4 Å². The molecule has 2 aliphatic rings. The summed E-state index contributed by atoms with van der Waals surface area (Å²) in [4.78, 5) is 17.0. The van der Waals surface area contributed by atoms with Crippen molar-refractivity contribution in [2.75, 3.05) is 26.2 Å². The summed E-state index contributed by atoms with van der Waals surface area (Å²) in [5.41, 5.74) is 7.63. The normalized spacial score (nSPS) is 24.0. The van der Waals surface area contributed by atoms with Crippen LogP contribution in [0.15, 0.2) is 30.3 Å². The Balaban J connectivity index is 0.00000208. The van der Waals surface area contributed by atoms with Crippen molar-refractivity contribution in [2.24, 2.45) is 11.7 Å². The molecule has 1 aliphatic heterocycles. The summed E-state index contributed by atoms with van der Waals surface area (Å²) >= 11 is 0. The van der Waals surface area contributed by atoms with Gasteiger partial charge >= 0.3 is 0 Å². The third-order valence-corrected chi connectivity index (χ3v) is 4.90. The van der Waals surface area contributed by atoms with Crippen LogP contribution in [0.3, 0.4) is 0 Å². The molecule has 5 heteroatoms. The Bertz CT molecular complexity index is 533. The van der Waals surface area contributed by atoms with Gasteiger partial charge in [-0.15, -0.1) is 12.4 Å². The standard InChI is InChI=1S/C19H29N3O.ClH/c1-14(2)10-22(16-8-9-16)19(23)13-21-11-17(18(20)12-21)15-6-4-3-5-7-15;/h3-7,14,16-18H,8-13,20H2,1-2H3;1H/t17-,18+;/m0./s1. The number of hydrogen-bond donors (Lipinski definition) is 1. The van der Waals surface area contributed by atoms with Crippen LogP contribution in [-0.4, -0.2) is 54.0 Å². The Kier molecular flexibility index (Phi) is 6.67. The zero-order chi connectivity index (χ0) is 16.4. The van der Waals surface area contributed by atoms with Crippen LogP contribution in [0.2, 0.25) is 0 Å². The van der Waals surface area contributed by atoms with Crippen molar-refractivity contribution in [1.29, 1.82) is 0 Å². The number of hydrogen-bond acceptors (Lipinski definition) is 3. The molecule has 1 aliphatic carbocycles. The lowest BCUT2D eigenvalue weighted by molar-refractivity contribution is -0.133. The van der Waals surface area contributed by atoms with E-state index in [9.17, 15) is 4.79 Å². The minimum absolute atomic E-state index is 0. The zero-order valence-electron chi connectivity index (χ0n) is 14.7. The fraction of sp³-hybridized carbons (Fsp3) is 0.632. The molecule has 24 heavy (non-hydrogen) atoms. The average molecular weight is 352 g/mol. The molecule has 0 aromatic heterocycles. The second-order valence-electron chi connectivity index (χ2n) is 7.55. The molecule has 1 saturated carbocycles. The van der Waals surface area contributed by atoms with E-state index in [1.54, 1.807) is 0 Å². The maximum atomic E-state index is 12.7. The Labute approximate surface area is 151 Å². The smallest absolute Gasteiger partial charge is 0.237 e. The lowest BCUT2D eigenvalue weighted by Crippen LogP contribution is -2.43. The summed E-state index contributed by atoms with van der Waals surface area (Å²) in [6, 6.07) is 11.1. The minimum Gasteiger partial charge on any atom is -0.338 e. The number of rotatable bonds is 6. The van der Waals surface area contributed by atoms with Crippen molar-refractivity contribution in [3.63, 3.8) is 0 Å². The highest BCUT2D eigenvalue weighted by atomic mass is 35.5. The van der Waals surface area contributed by atoms with Crippen LogP contribution in [-0.2, 0) is 4.79 Å². The zero-order valence-corrected chi connectivity index (χ0v) is 15.5. The molecule has 134 valence electrons. The van der Waals surface area contributed by atoms with E-state index in [-0.39, 0.29) is 24.4 Å². The summed E-state index contributed by atoms with van der Waals surface area (Å²) in [5, 5.41) is 0. The quantitative estimate of drug-likeness (QED) is 0.856. The molecule has 1 amide bonds. The van der Waals surface area contributed by atoms with Gasteiger partial charge in [-0.1, -0.05) is 44.2 Å². The lowest BCUT2D eigenvalue weighted by Gasteiger charge is -2.27. The molecule has 0 unspecified atom stereocenters. The van der Waals surface area contributed by atoms with E-state index in [1.807, 2.05) is 6.07 Å². The van der Waals surface area contributed by atoms with E-state index in [4.69, 9.17) is 5.73 Å². The van der Waals surface area contributed by atoms with Crippen LogP contribution in [0.25, 0.3) is 0 Å². The van der Waals surface area contributed by atoms with E-state index in [0.717, 1.165) is 19.6 Å². The second-order valence-corrected chi connectivity index (χ2v) is 7.55. The largest absolute Gasteiger partial charge is 0.338 e. The van der Waals surface area contributed by atoms with Gasteiger partial charge < -0.3 is 10.6 Å². The molecular weight excluding hydrogens is 322 g/mol. The maximum Gasteiger partial charge on any atom is 0.237 e. The number of nitrogens with two attached hydrogens (primary N) is 1. The molecule has 0 radical (unpaired) electrons. The van der Waals surface area contributed by atoms with Gasteiger partial charge in [-0.05, 0) is 24.3 Å². The van der Waals surface area contributed by atoms with Gasteiger partial charge in [-0.3, -0.25) is 9.69 Å². The third kappa shape index (κ3) is 4.71. The predicted octanol–water partition coefficient (Wildman–Crippen LogP) is 2.48. The molecule has 1 heterocycles. The molecule has 1 saturated heterocycles. The fourth-order valence-corrected chi connectivity index (χ4v) is 3.61. The van der Waals surface area contributed by atoms with Gasteiger partial charge in [0.25, 0.3) is 0 Å². The van der Waals surface area contributed by atoms with Gasteiger partial charge in [0.1, 0.15) is 0 Å². The van der Waals surface area contributed by atoms with E-state index in [0.29, 0.717) is 24.4 Å². The number of benzene rings is 1. The van der Waals surface area contributed by atoms with Crippen molar-refractivity contribution < 1.29 is 4.79 Å². The molecule has 4 nitrogen and oxygen atoms in total. The summed E-state index contributed by atoms with van der Waals surface area (Å²) in [6.07, 6.45) is 2.34. The van der Waals surface area contributed by atoms with Crippen molar-refractivity contribution >= 4 is 18.3 Å². The Hall–Kier alpha value is -1.10. The highest BCUT2D eigenvalue weighted by Crippen LogP contribution is 2.29. The first kappa shape index (κ1) is 19.2. The molecule has 1 aromatic rings. The van der Waals surface area contributed by atoms with Crippen molar-refractivity contribution in [2.45, 2.75) is 44.7 Å². The Morgan fingerprint density at radius 3 is 2.50 bits per heavy atom. The lowest BCUT2D eigenvalue weighted by atomic mass is 9.95. The van der Waals surface area contributed by atoms with Gasteiger partial charge in [0, 0.05) is 37.6 Å². The molecule has 2 fully saturated rings. The number of amides is 1. The van der Waals surface area contributed by atoms with E-state index >= 15 is 0 Å². The first-order valence-electron chi connectivity index (χ1n) is 8.87. The van der Waals surface area contributed by atoms with Gasteiger partial charge in [0.2, 0.25) is 5.91 Å². The van der Waals surface area contributed by atoms with E-state index < -0.39 is 0 Å². The highest BCUT2D eigenvalue weighted by Gasteiger charge is 2.36. The number of carbonyl (C=O) groups is 1. The third-order valence-electron chi connectivity index (χ3n) is 4.90. The van der Waals surface area contributed by atoms with Crippen LogP contribution >= 0.6 is 12.4 Å². The number of halogens is 1. The van der Waals surface area contributed by atoms with E-state index in [2.05, 4.69) is 47.9 Å².